The molecule has 1 aliphatic rings. The van der Waals surface area contributed by atoms with Crippen molar-refractivity contribution in [3.8, 4) is 5.75 Å². The average Bonchev–Trinajstić information content (AvgIpc) is 3.28. The van der Waals surface area contributed by atoms with Gasteiger partial charge in [-0.05, 0) is 43.3 Å². The van der Waals surface area contributed by atoms with Crippen molar-refractivity contribution in [2.45, 2.75) is 25.4 Å². The third kappa shape index (κ3) is 3.00. The molecule has 2 aromatic rings. The Hall–Kier alpha value is -1.86. The Morgan fingerprint density at radius 3 is 3.05 bits per heavy atom. The molecule has 116 valence electrons. The van der Waals surface area contributed by atoms with Crippen molar-refractivity contribution in [3.05, 3.63) is 39.4 Å². The number of methoxy groups -OCH3 is 1. The van der Waals surface area contributed by atoms with E-state index in [1.54, 1.807) is 18.2 Å². The zero-order chi connectivity index (χ0) is 15.7. The van der Waals surface area contributed by atoms with Crippen molar-refractivity contribution in [3.63, 3.8) is 0 Å². The van der Waals surface area contributed by atoms with Crippen LogP contribution in [-0.4, -0.2) is 27.8 Å². The quantitative estimate of drug-likeness (QED) is 0.822. The standard InChI is InChI=1S/C14H15ClN4O2S/c1-21-11-6-8(15)2-5-10(11)13(20)16-7-12-17-18-14(22)19(12)9-3-4-9/h2,5-6,9H,3-4,7H2,1H3,(H,16,20)(H,18,22). The Bertz CT molecular complexity index is 766. The lowest BCUT2D eigenvalue weighted by molar-refractivity contribution is 0.0946. The normalized spacial score (nSPS) is 13.9. The van der Waals surface area contributed by atoms with Gasteiger partial charge < -0.3 is 10.1 Å². The molecule has 1 aromatic carbocycles. The molecule has 1 fully saturated rings. The van der Waals surface area contributed by atoms with E-state index in [0.717, 1.165) is 18.7 Å². The first-order valence-electron chi connectivity index (χ1n) is 6.87. The molecular formula is C14H15ClN4O2S. The SMILES string of the molecule is COc1cc(Cl)ccc1C(=O)NCc1n[nH]c(=S)n1C1CC1. The number of H-pyrrole nitrogens is 1. The van der Waals surface area contributed by atoms with Crippen LogP contribution in [0.3, 0.4) is 0 Å². The topological polar surface area (TPSA) is 71.9 Å². The second kappa shape index (κ2) is 6.10. The van der Waals surface area contributed by atoms with E-state index in [-0.39, 0.29) is 5.91 Å². The molecule has 8 heteroatoms. The molecule has 2 N–H and O–H groups in total. The number of rotatable bonds is 5. The van der Waals surface area contributed by atoms with Gasteiger partial charge in [0.1, 0.15) is 5.75 Å². The molecule has 0 atom stereocenters. The second-order valence-electron chi connectivity index (χ2n) is 5.07. The van der Waals surface area contributed by atoms with Crippen LogP contribution in [0, 0.1) is 4.77 Å². The van der Waals surface area contributed by atoms with Crippen LogP contribution in [0.25, 0.3) is 0 Å². The summed E-state index contributed by atoms with van der Waals surface area (Å²) >= 11 is 11.1. The van der Waals surface area contributed by atoms with Crippen molar-refractivity contribution in [2.75, 3.05) is 7.11 Å². The number of aromatic amines is 1. The number of nitrogens with one attached hydrogen (secondary N) is 2. The number of hydrogen-bond donors (Lipinski definition) is 2. The Labute approximate surface area is 137 Å². The maximum Gasteiger partial charge on any atom is 0.255 e. The summed E-state index contributed by atoms with van der Waals surface area (Å²) in [6, 6.07) is 5.30. The molecule has 1 saturated carbocycles. The van der Waals surface area contributed by atoms with Crippen LogP contribution in [0.2, 0.25) is 5.02 Å². The highest BCUT2D eigenvalue weighted by Crippen LogP contribution is 2.35. The molecule has 1 aliphatic carbocycles. The summed E-state index contributed by atoms with van der Waals surface area (Å²) in [7, 11) is 1.50. The molecule has 1 amide bonds. The highest BCUT2D eigenvalue weighted by atomic mass is 35.5. The van der Waals surface area contributed by atoms with Crippen LogP contribution in [0.15, 0.2) is 18.2 Å². The van der Waals surface area contributed by atoms with Gasteiger partial charge in [-0.15, -0.1) is 0 Å². The van der Waals surface area contributed by atoms with E-state index in [2.05, 4.69) is 15.5 Å². The number of amides is 1. The molecule has 0 saturated heterocycles. The van der Waals surface area contributed by atoms with E-state index in [9.17, 15) is 4.79 Å². The maximum atomic E-state index is 12.3. The number of aromatic nitrogens is 3. The number of nitrogens with zero attached hydrogens (tertiary/aromatic N) is 2. The fraction of sp³-hybridized carbons (Fsp3) is 0.357. The molecule has 6 nitrogen and oxygen atoms in total. The minimum atomic E-state index is -0.246. The molecule has 0 radical (unpaired) electrons. The Balaban J connectivity index is 1.74. The molecule has 3 rings (SSSR count). The zero-order valence-electron chi connectivity index (χ0n) is 11.9. The predicted octanol–water partition coefficient (Wildman–Crippen LogP) is 2.87. The van der Waals surface area contributed by atoms with Gasteiger partial charge in [0, 0.05) is 11.1 Å². The van der Waals surface area contributed by atoms with Crippen LogP contribution < -0.4 is 10.1 Å². The van der Waals surface area contributed by atoms with Crippen molar-refractivity contribution in [2.24, 2.45) is 0 Å². The predicted molar refractivity (Wildman–Crippen MR) is 84.9 cm³/mol. The summed E-state index contributed by atoms with van der Waals surface area (Å²) in [4.78, 5) is 12.3. The van der Waals surface area contributed by atoms with E-state index in [1.165, 1.54) is 7.11 Å². The molecule has 0 aliphatic heterocycles. The Kier molecular flexibility index (Phi) is 4.17. The van der Waals surface area contributed by atoms with Gasteiger partial charge in [0.05, 0.1) is 19.2 Å². The van der Waals surface area contributed by atoms with Gasteiger partial charge in [-0.1, -0.05) is 11.6 Å². The summed E-state index contributed by atoms with van der Waals surface area (Å²) in [5, 5.41) is 10.3. The van der Waals surface area contributed by atoms with Gasteiger partial charge in [0.2, 0.25) is 0 Å². The summed E-state index contributed by atoms with van der Waals surface area (Å²) < 4.78 is 7.75. The Morgan fingerprint density at radius 2 is 2.36 bits per heavy atom. The average molecular weight is 339 g/mol. The smallest absolute Gasteiger partial charge is 0.255 e. The molecule has 22 heavy (non-hydrogen) atoms. The first-order chi connectivity index (χ1) is 10.6. The molecule has 0 spiro atoms. The van der Waals surface area contributed by atoms with Gasteiger partial charge >= 0.3 is 0 Å². The Morgan fingerprint density at radius 1 is 1.59 bits per heavy atom. The van der Waals surface area contributed by atoms with Crippen LogP contribution in [-0.2, 0) is 6.54 Å². The second-order valence-corrected chi connectivity index (χ2v) is 5.90. The minimum Gasteiger partial charge on any atom is -0.496 e. The monoisotopic (exact) mass is 338 g/mol. The van der Waals surface area contributed by atoms with Crippen molar-refractivity contribution in [1.82, 2.24) is 20.1 Å². The van der Waals surface area contributed by atoms with Crippen molar-refractivity contribution < 1.29 is 9.53 Å². The van der Waals surface area contributed by atoms with E-state index in [0.29, 0.717) is 33.7 Å². The van der Waals surface area contributed by atoms with E-state index in [1.807, 2.05) is 4.57 Å². The lowest BCUT2D eigenvalue weighted by Crippen LogP contribution is -2.25. The zero-order valence-corrected chi connectivity index (χ0v) is 13.5. The first kappa shape index (κ1) is 15.1. The van der Waals surface area contributed by atoms with E-state index >= 15 is 0 Å². The van der Waals surface area contributed by atoms with Crippen LogP contribution in [0.4, 0.5) is 0 Å². The molecular weight excluding hydrogens is 324 g/mol. The first-order valence-corrected chi connectivity index (χ1v) is 7.66. The maximum absolute atomic E-state index is 12.3. The van der Waals surface area contributed by atoms with E-state index < -0.39 is 0 Å². The fourth-order valence-corrected chi connectivity index (χ4v) is 2.74. The largest absolute Gasteiger partial charge is 0.496 e. The van der Waals surface area contributed by atoms with Gasteiger partial charge in [0.15, 0.2) is 10.6 Å². The minimum absolute atomic E-state index is 0.246. The third-order valence-electron chi connectivity index (χ3n) is 3.50. The summed E-state index contributed by atoms with van der Waals surface area (Å²) in [6.07, 6.45) is 2.19. The van der Waals surface area contributed by atoms with E-state index in [4.69, 9.17) is 28.6 Å². The summed E-state index contributed by atoms with van der Waals surface area (Å²) in [6.45, 7) is 0.300. The highest BCUT2D eigenvalue weighted by molar-refractivity contribution is 7.71. The lowest BCUT2D eigenvalue weighted by atomic mass is 10.2. The number of hydrogen-bond acceptors (Lipinski definition) is 4. The molecule has 1 heterocycles. The molecule has 0 bridgehead atoms. The van der Waals surface area contributed by atoms with Crippen molar-refractivity contribution >= 4 is 29.7 Å². The number of carbonyl (C=O) groups is 1. The summed E-state index contributed by atoms with van der Waals surface area (Å²) in [5.41, 5.74) is 0.430. The van der Waals surface area contributed by atoms with Crippen molar-refractivity contribution in [1.29, 1.82) is 0 Å². The van der Waals surface area contributed by atoms with Gasteiger partial charge in [-0.25, -0.2) is 0 Å². The van der Waals surface area contributed by atoms with Gasteiger partial charge in [-0.2, -0.15) is 5.10 Å². The highest BCUT2D eigenvalue weighted by Gasteiger charge is 2.27. The van der Waals surface area contributed by atoms with Crippen LogP contribution in [0.1, 0.15) is 35.1 Å². The number of benzene rings is 1. The third-order valence-corrected chi connectivity index (χ3v) is 4.03. The van der Waals surface area contributed by atoms with Crippen LogP contribution in [0.5, 0.6) is 5.75 Å². The summed E-state index contributed by atoms with van der Waals surface area (Å²) in [5.74, 6) is 0.921. The number of halogens is 1. The number of carbonyl (C=O) groups excluding carboxylic acids is 1. The van der Waals surface area contributed by atoms with Crippen LogP contribution >= 0.6 is 23.8 Å². The van der Waals surface area contributed by atoms with Gasteiger partial charge in [-0.3, -0.25) is 14.5 Å². The fourth-order valence-electron chi connectivity index (χ4n) is 2.28. The molecule has 0 unspecified atom stereocenters. The van der Waals surface area contributed by atoms with Gasteiger partial charge in [0.25, 0.3) is 5.91 Å². The lowest BCUT2D eigenvalue weighted by Gasteiger charge is -2.10. The number of ether oxygens (including phenoxy) is 1. The molecule has 1 aromatic heterocycles.